The summed E-state index contributed by atoms with van der Waals surface area (Å²) in [6, 6.07) is 34.9. The summed E-state index contributed by atoms with van der Waals surface area (Å²) in [6.07, 6.45) is -5.57. The minimum Gasteiger partial charge on any atom is -0.459 e. The molecule has 69 heavy (non-hydrogen) atoms. The Kier molecular flexibility index (Phi) is 17.2. The van der Waals surface area contributed by atoms with Gasteiger partial charge < -0.3 is 31.9 Å². The maximum Gasteiger partial charge on any atom is 0.338 e. The smallest absolute Gasteiger partial charge is 0.338 e. The van der Waals surface area contributed by atoms with Crippen LogP contribution in [0.1, 0.15) is 94.2 Å². The first kappa shape index (κ1) is 56.1. The van der Waals surface area contributed by atoms with Crippen LogP contribution < -0.4 is 15.1 Å². The third-order valence-corrected chi connectivity index (χ3v) is 33.4. The van der Waals surface area contributed by atoms with Gasteiger partial charge in [-0.05, 0) is 87.0 Å². The van der Waals surface area contributed by atoms with E-state index in [1.54, 1.807) is 12.1 Å². The van der Waals surface area contributed by atoms with Gasteiger partial charge >= 0.3 is 11.7 Å². The van der Waals surface area contributed by atoms with Crippen molar-refractivity contribution in [3.8, 4) is 5.75 Å². The Labute approximate surface area is 417 Å². The van der Waals surface area contributed by atoms with E-state index in [1.165, 1.54) is 6.07 Å². The van der Waals surface area contributed by atoms with Gasteiger partial charge in [-0.1, -0.05) is 180 Å². The van der Waals surface area contributed by atoms with Crippen LogP contribution in [0.5, 0.6) is 5.75 Å². The number of carbonyl (C=O) groups is 1. The summed E-state index contributed by atoms with van der Waals surface area (Å²) in [5.41, 5.74) is 1.13. The summed E-state index contributed by atoms with van der Waals surface area (Å²) in [4.78, 5) is 27.5. The summed E-state index contributed by atoms with van der Waals surface area (Å²) < 4.78 is 49.2. The molecule has 0 unspecified atom stereocenters. The zero-order chi connectivity index (χ0) is 51.6. The fraction of sp³-hybridized carbons (Fsp3) is 0.537. The topological polar surface area (TPSA) is 125 Å². The van der Waals surface area contributed by atoms with Crippen molar-refractivity contribution in [3.05, 3.63) is 130 Å². The Bertz CT molecular complexity index is 2300. The second kappa shape index (κ2) is 21.1. The van der Waals surface area contributed by atoms with Crippen molar-refractivity contribution < 1.29 is 41.6 Å². The summed E-state index contributed by atoms with van der Waals surface area (Å²) in [7, 11) is -11.1. The summed E-state index contributed by atoms with van der Waals surface area (Å²) in [5.74, 6) is -0.703. The summed E-state index contributed by atoms with van der Waals surface area (Å²) >= 11 is 0. The number of nitrogens with zero attached hydrogens (tertiary/aromatic N) is 1. The zero-order valence-corrected chi connectivity index (χ0v) is 48.7. The first-order chi connectivity index (χ1) is 31.7. The van der Waals surface area contributed by atoms with E-state index in [4.69, 9.17) is 31.9 Å². The molecular weight excluding hydrogens is 935 g/mol. The third-order valence-electron chi connectivity index (χ3n) is 15.0. The number of nitro benzene ring substituents is 1. The second-order valence-electron chi connectivity index (χ2n) is 24.2. The number of ether oxygens (including phenoxy) is 3. The molecule has 15 heteroatoms. The molecule has 4 aromatic rings. The largest absolute Gasteiger partial charge is 0.459 e. The highest BCUT2D eigenvalue weighted by Gasteiger charge is 2.59. The predicted octanol–water partition coefficient (Wildman–Crippen LogP) is 12.7. The lowest BCUT2D eigenvalue weighted by Crippen LogP contribution is -2.69. The van der Waals surface area contributed by atoms with Gasteiger partial charge in [0.2, 0.25) is 6.29 Å². The third kappa shape index (κ3) is 12.8. The number of hydrogen-bond donors (Lipinski definition) is 0. The average molecular weight is 1020 g/mol. The van der Waals surface area contributed by atoms with Crippen molar-refractivity contribution >= 4 is 55.3 Å². The highest BCUT2D eigenvalue weighted by molar-refractivity contribution is 6.99. The molecule has 0 bridgehead atoms. The molecule has 1 fully saturated rings. The molecule has 0 aliphatic carbocycles. The van der Waals surface area contributed by atoms with E-state index in [2.05, 4.69) is 147 Å². The molecule has 1 saturated heterocycles. The lowest BCUT2D eigenvalue weighted by molar-refractivity contribution is -0.387. The minimum atomic E-state index is -2.99. The molecule has 0 radical (unpaired) electrons. The summed E-state index contributed by atoms with van der Waals surface area (Å²) in [6.45, 7) is 38.9. The van der Waals surface area contributed by atoms with E-state index in [1.807, 2.05) is 66.7 Å². The van der Waals surface area contributed by atoms with Crippen molar-refractivity contribution in [2.75, 3.05) is 0 Å². The molecule has 0 N–H and O–H groups in total. The maximum atomic E-state index is 14.8. The molecule has 0 saturated carbocycles. The number of carbonyl (C=O) groups excluding carboxylic acids is 1. The zero-order valence-electron chi connectivity index (χ0n) is 44.7. The van der Waals surface area contributed by atoms with Crippen molar-refractivity contribution in [1.29, 1.82) is 0 Å². The van der Waals surface area contributed by atoms with Crippen LogP contribution in [-0.2, 0) is 45.2 Å². The average Bonchev–Trinajstić information content (AvgIpc) is 3.24. The number of rotatable bonds is 17. The fourth-order valence-corrected chi connectivity index (χ4v) is 16.2. The Balaban J connectivity index is 1.67. The number of hydrogen-bond acceptors (Lipinski definition) is 10. The molecule has 1 heterocycles. The number of benzene rings is 4. The van der Waals surface area contributed by atoms with Crippen LogP contribution in [-0.4, -0.2) is 74.9 Å². The van der Waals surface area contributed by atoms with E-state index >= 15 is 0 Å². The normalized spacial score (nSPS) is 20.1. The van der Waals surface area contributed by atoms with Crippen LogP contribution in [0.15, 0.2) is 109 Å². The van der Waals surface area contributed by atoms with E-state index in [-0.39, 0.29) is 44.8 Å². The van der Waals surface area contributed by atoms with E-state index in [0.717, 1.165) is 15.9 Å². The van der Waals surface area contributed by atoms with Crippen LogP contribution >= 0.6 is 0 Å². The molecule has 5 atom stereocenters. The lowest BCUT2D eigenvalue weighted by Gasteiger charge is -2.53. The van der Waals surface area contributed by atoms with Gasteiger partial charge in [0.25, 0.3) is 8.32 Å². The standard InChI is InChI=1S/C54H81NO10Si4/c1-51(2,3)66(13,14)63-45-46(64-67(15,16)52(4,5)6)48(65-68(17,18)53(7,8)9)50(62-47(45)49(56)59-37-39-28-22-19-23-29-39)61-44-35-34-40(36-43(44)55(57)58)38-60-69(54(10,11)12,41-30-24-20-25-31-41)42-32-26-21-27-33-42/h19-36,45-48,50H,37-38H2,1-18H3/t45-,46-,47-,48+,50+/m0/s1. The molecule has 378 valence electrons. The molecule has 11 nitrogen and oxygen atoms in total. The highest BCUT2D eigenvalue weighted by Crippen LogP contribution is 2.47. The van der Waals surface area contributed by atoms with Gasteiger partial charge in [0.15, 0.2) is 36.8 Å². The van der Waals surface area contributed by atoms with Gasteiger partial charge in [-0.2, -0.15) is 0 Å². The molecule has 1 aliphatic heterocycles. The van der Waals surface area contributed by atoms with Crippen LogP contribution in [0, 0.1) is 10.1 Å². The van der Waals surface area contributed by atoms with Gasteiger partial charge in [0.1, 0.15) is 24.9 Å². The van der Waals surface area contributed by atoms with E-state index in [0.29, 0.717) is 5.56 Å². The lowest BCUT2D eigenvalue weighted by atomic mass is 9.99. The van der Waals surface area contributed by atoms with Gasteiger partial charge in [-0.3, -0.25) is 10.1 Å². The predicted molar refractivity (Wildman–Crippen MR) is 287 cm³/mol. The monoisotopic (exact) mass is 1020 g/mol. The van der Waals surface area contributed by atoms with E-state index < -0.39 is 74.9 Å². The van der Waals surface area contributed by atoms with Gasteiger partial charge in [0, 0.05) is 6.07 Å². The fourth-order valence-electron chi connectivity index (χ4n) is 7.82. The first-order valence-electron chi connectivity index (χ1n) is 24.3. The Morgan fingerprint density at radius 3 is 1.43 bits per heavy atom. The second-order valence-corrected chi connectivity index (χ2v) is 42.8. The molecule has 0 spiro atoms. The Morgan fingerprint density at radius 2 is 1.00 bits per heavy atom. The van der Waals surface area contributed by atoms with Gasteiger partial charge in [0.05, 0.1) is 11.5 Å². The van der Waals surface area contributed by atoms with Crippen LogP contribution in [0.3, 0.4) is 0 Å². The SMILES string of the molecule is CC(C)(C)[Si](C)(C)O[C@@H]1[C@@H](O[Si](C)(C)C(C)(C)C)[C@H](Oc2ccc(CO[Si](c3ccccc3)(c3ccccc3)C(C)(C)C)cc2[N+](=O)[O-])O[C@H](C(=O)OCc2ccccc2)[C@H]1O[Si](C)(C)C(C)(C)C. The van der Waals surface area contributed by atoms with Crippen molar-refractivity contribution in [2.24, 2.45) is 0 Å². The molecule has 0 aromatic heterocycles. The quantitative estimate of drug-likeness (QED) is 0.0437. The molecule has 1 aliphatic rings. The minimum absolute atomic E-state index is 0.00156. The molecule has 4 aromatic carbocycles. The van der Waals surface area contributed by atoms with E-state index in [9.17, 15) is 14.9 Å². The number of nitro groups is 1. The maximum absolute atomic E-state index is 14.8. The molecule has 0 amide bonds. The Morgan fingerprint density at radius 1 is 0.565 bits per heavy atom. The van der Waals surface area contributed by atoms with Crippen LogP contribution in [0.4, 0.5) is 5.69 Å². The molecule has 5 rings (SSSR count). The highest BCUT2D eigenvalue weighted by atomic mass is 28.4. The first-order valence-corrected chi connectivity index (χ1v) is 34.9. The van der Waals surface area contributed by atoms with Crippen molar-refractivity contribution in [1.82, 2.24) is 0 Å². The van der Waals surface area contributed by atoms with Crippen LogP contribution in [0.25, 0.3) is 0 Å². The van der Waals surface area contributed by atoms with Gasteiger partial charge in [-0.15, -0.1) is 0 Å². The van der Waals surface area contributed by atoms with Crippen LogP contribution in [0.2, 0.25) is 59.4 Å². The Hall–Kier alpha value is -3.78. The summed E-state index contributed by atoms with van der Waals surface area (Å²) in [5, 5.41) is 14.3. The number of esters is 1. The van der Waals surface area contributed by atoms with Crippen molar-refractivity contribution in [2.45, 2.75) is 186 Å². The van der Waals surface area contributed by atoms with Crippen molar-refractivity contribution in [3.63, 3.8) is 0 Å². The molecular formula is C54H81NO10Si4. The van der Waals surface area contributed by atoms with Gasteiger partial charge in [-0.25, -0.2) is 4.79 Å².